The summed E-state index contributed by atoms with van der Waals surface area (Å²) in [4.78, 5) is 21.5. The number of hydrogen-bond donors (Lipinski definition) is 3. The van der Waals surface area contributed by atoms with Crippen molar-refractivity contribution in [3.05, 3.63) is 135 Å². The predicted octanol–water partition coefficient (Wildman–Crippen LogP) is -2.22. The summed E-state index contributed by atoms with van der Waals surface area (Å²) in [6.07, 6.45) is 0.633. The van der Waals surface area contributed by atoms with E-state index in [4.69, 9.17) is 11.5 Å². The van der Waals surface area contributed by atoms with Gasteiger partial charge in [-0.1, -0.05) is 36.4 Å². The average molecular weight is 964 g/mol. The van der Waals surface area contributed by atoms with E-state index in [9.17, 15) is 53.8 Å². The van der Waals surface area contributed by atoms with Crippen LogP contribution in [0, 0.1) is 10.1 Å². The van der Waals surface area contributed by atoms with Crippen LogP contribution in [0.15, 0.2) is 149 Å². The number of nitro benzene ring substituents is 1. The van der Waals surface area contributed by atoms with E-state index in [1.807, 2.05) is 0 Å². The summed E-state index contributed by atoms with van der Waals surface area (Å²) < 4.78 is 109. The van der Waals surface area contributed by atoms with Gasteiger partial charge in [0.05, 0.1) is 53.6 Å². The molecule has 27 heteroatoms. The van der Waals surface area contributed by atoms with Gasteiger partial charge in [-0.25, -0.2) is 25.3 Å². The number of ketones is 1. The number of rotatable bonds is 11. The number of anilines is 3. The molecule has 314 valence electrons. The molecule has 0 atom stereocenters. The van der Waals surface area contributed by atoms with E-state index in [1.54, 1.807) is 42.5 Å². The molecule has 0 bridgehead atoms. The quantitative estimate of drug-likeness (QED) is 0.0309. The van der Waals surface area contributed by atoms with Crippen LogP contribution in [-0.2, 0) is 30.4 Å². The third-order valence-corrected chi connectivity index (χ3v) is 11.6. The number of nitrogen functional groups attached to an aromatic ring is 2. The van der Waals surface area contributed by atoms with Crippen molar-refractivity contribution in [2.45, 2.75) is 9.79 Å². The molecule has 1 aliphatic rings. The molecule has 0 fully saturated rings. The Bertz CT molecular complexity index is 3370. The summed E-state index contributed by atoms with van der Waals surface area (Å²) in [5.74, 6) is -1.26. The van der Waals surface area contributed by atoms with Gasteiger partial charge in [0.25, 0.3) is 5.69 Å². The normalized spacial score (nSPS) is 13.4. The van der Waals surface area contributed by atoms with E-state index in [0.29, 0.717) is 45.4 Å². The molecule has 0 heterocycles. The van der Waals surface area contributed by atoms with E-state index < -0.39 is 89.7 Å². The Hall–Kier alpha value is -4.61. The van der Waals surface area contributed by atoms with Crippen LogP contribution in [0.4, 0.5) is 45.5 Å². The van der Waals surface area contributed by atoms with Crippen LogP contribution >= 0.6 is 0 Å². The Morgan fingerprint density at radius 3 is 1.86 bits per heavy atom. The fourth-order valence-electron chi connectivity index (χ4n) is 6.13. The van der Waals surface area contributed by atoms with Gasteiger partial charge >= 0.3 is 88.7 Å². The van der Waals surface area contributed by atoms with Crippen molar-refractivity contribution in [3.8, 4) is 11.1 Å². The molecule has 21 nitrogen and oxygen atoms in total. The van der Waals surface area contributed by atoms with Gasteiger partial charge in [-0.3, -0.25) is 20.3 Å². The van der Waals surface area contributed by atoms with Crippen molar-refractivity contribution in [1.82, 2.24) is 0 Å². The third-order valence-electron chi connectivity index (χ3n) is 9.08. The molecule has 0 saturated heterocycles. The molecule has 0 amide bonds. The van der Waals surface area contributed by atoms with Crippen LogP contribution in [-0.4, -0.2) is 55.3 Å². The molecule has 0 radical (unpaired) electrons. The number of hydrogen-bond acceptors (Lipinski definition) is 20. The molecule has 0 aliphatic heterocycles. The molecule has 5 N–H and O–H groups in total. The van der Waals surface area contributed by atoms with Crippen molar-refractivity contribution in [2.75, 3.05) is 16.9 Å². The molecule has 1 aliphatic carbocycles. The first-order valence-corrected chi connectivity index (χ1v) is 21.5. The van der Waals surface area contributed by atoms with E-state index >= 15 is 0 Å². The number of Topliss-reactive ketones (excluding diaryl/α,β-unsaturated/α-hetero) is 1. The smallest absolute Gasteiger partial charge is 0.744 e. The summed E-state index contributed by atoms with van der Waals surface area (Å²) in [6, 6.07) is 25.1. The van der Waals surface area contributed by atoms with Crippen LogP contribution in [0.2, 0.25) is 0 Å². The maximum Gasteiger partial charge on any atom is 1.00 e. The monoisotopic (exact) mass is 963 g/mol. The Balaban J connectivity index is 0.00000308. The summed E-state index contributed by atoms with van der Waals surface area (Å²) in [7, 11) is -15.6. The van der Waals surface area contributed by atoms with Gasteiger partial charge in [-0.05, 0) is 83.4 Å². The Morgan fingerprint density at radius 1 is 0.631 bits per heavy atom. The first-order chi connectivity index (χ1) is 29.2. The van der Waals surface area contributed by atoms with Crippen molar-refractivity contribution in [2.24, 2.45) is 25.6 Å². The van der Waals surface area contributed by atoms with Gasteiger partial charge in [0.2, 0.25) is 5.78 Å². The topological polar surface area (TPSA) is 358 Å². The van der Waals surface area contributed by atoms with Gasteiger partial charge in [-0.2, -0.15) is 15.3 Å². The molecule has 0 aromatic heterocycles. The Kier molecular flexibility index (Phi) is 17.1. The molecule has 0 spiro atoms. The number of nitrogens with one attached hydrogen (secondary N) is 1. The number of nitrogens with zero attached hydrogens (tertiary/aromatic N) is 6. The van der Waals surface area contributed by atoms with Gasteiger partial charge in [0, 0.05) is 28.6 Å². The zero-order valence-electron chi connectivity index (χ0n) is 33.9. The van der Waals surface area contributed by atoms with Gasteiger partial charge in [-0.15, -0.1) is 10.2 Å². The van der Waals surface area contributed by atoms with Crippen molar-refractivity contribution in [3.63, 3.8) is 0 Å². The average Bonchev–Trinajstić information content (AvgIpc) is 3.22. The maximum atomic E-state index is 13.8. The Morgan fingerprint density at radius 2 is 1.26 bits per heavy atom. The van der Waals surface area contributed by atoms with Gasteiger partial charge < -0.3 is 25.1 Å². The summed E-state index contributed by atoms with van der Waals surface area (Å²) in [5, 5.41) is 31.7. The minimum absolute atomic E-state index is 0. The van der Waals surface area contributed by atoms with Crippen LogP contribution in [0.3, 0.4) is 0 Å². The number of allylic oxidation sites excluding steroid dienone is 1. The zero-order chi connectivity index (χ0) is 44.7. The second-order valence-corrected chi connectivity index (χ2v) is 17.1. The van der Waals surface area contributed by atoms with Crippen LogP contribution in [0.25, 0.3) is 28.0 Å². The number of azo groups is 2. The molecule has 65 heavy (non-hydrogen) atoms. The number of carbonyl (C=O) groups excluding carboxylic acids is 1. The van der Waals surface area contributed by atoms with Crippen molar-refractivity contribution >= 4 is 104 Å². The Labute approximate surface area is 435 Å². The molecule has 7 rings (SSSR count). The molecule has 6 aromatic carbocycles. The summed E-state index contributed by atoms with van der Waals surface area (Å²) in [6.45, 7) is 0. The SMILES string of the molecule is Nc1c(N=Nc2cccc([N+](=O)[O-])c2)c(S(=O)(=O)[O-])cc2c1C(=O)/C(=N\Nc1ccc(-c3ccc(N=Nc4ccc(N)c5ccc(S(=O)(=O)[O-])cc45)cc3)cc1)C(S(=O)(=O)[O-])=C2.[Na+].[Na+].[Na+]. The predicted molar refractivity (Wildman–Crippen MR) is 222 cm³/mol. The minimum atomic E-state index is -5.47. The van der Waals surface area contributed by atoms with E-state index in [2.05, 4.69) is 31.0 Å². The van der Waals surface area contributed by atoms with E-state index in [1.165, 1.54) is 42.5 Å². The van der Waals surface area contributed by atoms with Crippen LogP contribution in [0.1, 0.15) is 15.9 Å². The van der Waals surface area contributed by atoms with Crippen molar-refractivity contribution in [1.29, 1.82) is 0 Å². The zero-order valence-corrected chi connectivity index (χ0v) is 42.4. The molecular weight excluding hydrogens is 940 g/mol. The summed E-state index contributed by atoms with van der Waals surface area (Å²) in [5.41, 5.74) is 13.2. The van der Waals surface area contributed by atoms with E-state index in [-0.39, 0.29) is 106 Å². The second kappa shape index (κ2) is 20.9. The number of carbonyl (C=O) groups is 1. The number of nitro groups is 1. The number of non-ortho nitro benzene ring substituents is 1. The summed E-state index contributed by atoms with van der Waals surface area (Å²) >= 11 is 0. The molecule has 6 aromatic rings. The molecule has 0 unspecified atom stereocenters. The van der Waals surface area contributed by atoms with Crippen LogP contribution in [0.5, 0.6) is 0 Å². The second-order valence-electron chi connectivity index (χ2n) is 13.1. The first-order valence-electron chi connectivity index (χ1n) is 17.2. The van der Waals surface area contributed by atoms with E-state index in [0.717, 1.165) is 18.2 Å². The molecular formula is C38H24N9Na3O12S3. The fraction of sp³-hybridized carbons (Fsp3) is 0. The number of hydrazone groups is 1. The van der Waals surface area contributed by atoms with Crippen LogP contribution < -0.4 is 106 Å². The van der Waals surface area contributed by atoms with Crippen molar-refractivity contribution < 1.29 is 137 Å². The number of fused-ring (bicyclic) bond motifs is 2. The third kappa shape index (κ3) is 11.9. The van der Waals surface area contributed by atoms with Gasteiger partial charge in [0.1, 0.15) is 41.8 Å². The maximum absolute atomic E-state index is 13.8. The number of benzene rings is 6. The number of nitrogens with two attached hydrogens (primary N) is 2. The largest absolute Gasteiger partial charge is 1.00 e. The molecule has 0 saturated carbocycles. The minimum Gasteiger partial charge on any atom is -0.744 e. The fourth-order valence-corrected chi connectivity index (χ4v) is 7.93. The van der Waals surface area contributed by atoms with Gasteiger partial charge in [0.15, 0.2) is 0 Å². The first kappa shape index (κ1) is 53.0. The standard InChI is InChI=1S/C38H27N9O12S3.3Na/c39-30-14-15-31(29-19-27(60(51,52)53)12-13-28(29)30)44-41-23-8-4-20(5-9-23)21-6-10-24(11-7-21)42-46-37-33(62(57,58)59)17-22-16-32(61(54,55)56)36(35(40)34(22)38(37)48)45-43-25-2-1-3-26(18-25)47(49)50;;;/h1-19,42H,39-40H2,(H,51,52,53)(H,54,55,56)(H,57,58,59);;;/q;3*+1/p-3/b44-41?,45-43?,46-37-;;;.